The van der Waals surface area contributed by atoms with E-state index in [9.17, 15) is 14.9 Å². The van der Waals surface area contributed by atoms with Crippen molar-refractivity contribution in [2.75, 3.05) is 13.1 Å². The van der Waals surface area contributed by atoms with Gasteiger partial charge in [-0.1, -0.05) is 16.8 Å². The second-order valence-electron chi connectivity index (χ2n) is 5.33. The normalized spacial score (nSPS) is 15.6. The van der Waals surface area contributed by atoms with Gasteiger partial charge in [0.05, 0.1) is 17.2 Å². The zero-order chi connectivity index (χ0) is 16.4. The summed E-state index contributed by atoms with van der Waals surface area (Å²) in [4.78, 5) is 24.8. The lowest BCUT2D eigenvalue weighted by Gasteiger charge is -2.31. The fourth-order valence-electron chi connectivity index (χ4n) is 2.75. The topological polar surface area (TPSA) is 94.2 Å². The number of likely N-dealkylation sites (tertiary alicyclic amines) is 1. The second kappa shape index (κ2) is 6.33. The maximum Gasteiger partial charge on any atom is 0.282 e. The molecule has 23 heavy (non-hydrogen) atoms. The number of carbonyl (C=O) groups excluding carboxylic acids is 1. The van der Waals surface area contributed by atoms with Crippen LogP contribution >= 0.6 is 11.6 Å². The standard InChI is InChI=1S/C14H14ClN5O3/c15-10-1-2-13(20(22)23)12(9-10)14(21)18-6-3-11(4-7-18)19-8-5-16-17-19/h1-2,5,8-9,11H,3-4,6-7H2. The van der Waals surface area contributed by atoms with Crippen LogP contribution in [0.2, 0.25) is 5.02 Å². The van der Waals surface area contributed by atoms with E-state index in [0.29, 0.717) is 18.1 Å². The van der Waals surface area contributed by atoms with Crippen LogP contribution in [0.1, 0.15) is 29.2 Å². The number of benzene rings is 1. The molecule has 1 saturated heterocycles. The molecule has 3 rings (SSSR count). The molecule has 1 aliphatic heterocycles. The molecule has 0 atom stereocenters. The number of amides is 1. The molecule has 0 aliphatic carbocycles. The Balaban J connectivity index is 1.75. The number of aromatic nitrogens is 3. The first-order valence-electron chi connectivity index (χ1n) is 7.15. The van der Waals surface area contributed by atoms with Crippen LogP contribution in [-0.4, -0.2) is 43.8 Å². The van der Waals surface area contributed by atoms with Crippen molar-refractivity contribution in [1.29, 1.82) is 0 Å². The number of nitro groups is 1. The summed E-state index contributed by atoms with van der Waals surface area (Å²) in [5, 5.41) is 19.2. The minimum absolute atomic E-state index is 0.0294. The van der Waals surface area contributed by atoms with Crippen molar-refractivity contribution >= 4 is 23.2 Å². The number of halogens is 1. The molecule has 9 heteroatoms. The minimum Gasteiger partial charge on any atom is -0.338 e. The van der Waals surface area contributed by atoms with Crippen molar-refractivity contribution in [2.24, 2.45) is 0 Å². The fourth-order valence-corrected chi connectivity index (χ4v) is 2.93. The van der Waals surface area contributed by atoms with E-state index < -0.39 is 4.92 Å². The Hall–Kier alpha value is -2.48. The van der Waals surface area contributed by atoms with Gasteiger partial charge < -0.3 is 4.90 Å². The molecular weight excluding hydrogens is 322 g/mol. The minimum atomic E-state index is -0.564. The smallest absolute Gasteiger partial charge is 0.282 e. The highest BCUT2D eigenvalue weighted by Crippen LogP contribution is 2.27. The molecular formula is C14H14ClN5O3. The SMILES string of the molecule is O=C(c1cc(Cl)ccc1[N+](=O)[O-])N1CCC(n2ccnn2)CC1. The van der Waals surface area contributed by atoms with Crippen LogP contribution < -0.4 is 0 Å². The highest BCUT2D eigenvalue weighted by atomic mass is 35.5. The molecule has 1 aromatic heterocycles. The molecule has 1 aromatic carbocycles. The van der Waals surface area contributed by atoms with Gasteiger partial charge >= 0.3 is 0 Å². The van der Waals surface area contributed by atoms with Gasteiger partial charge in [0, 0.05) is 30.4 Å². The molecule has 120 valence electrons. The van der Waals surface area contributed by atoms with Crippen molar-refractivity contribution in [3.8, 4) is 0 Å². The number of hydrogen-bond acceptors (Lipinski definition) is 5. The largest absolute Gasteiger partial charge is 0.338 e. The quantitative estimate of drug-likeness (QED) is 0.633. The molecule has 0 unspecified atom stereocenters. The van der Waals surface area contributed by atoms with E-state index in [-0.39, 0.29) is 23.2 Å². The van der Waals surface area contributed by atoms with Gasteiger partial charge in [-0.25, -0.2) is 4.68 Å². The lowest BCUT2D eigenvalue weighted by atomic mass is 10.0. The number of piperidine rings is 1. The first-order valence-corrected chi connectivity index (χ1v) is 7.53. The van der Waals surface area contributed by atoms with Crippen LogP contribution in [0.15, 0.2) is 30.6 Å². The van der Waals surface area contributed by atoms with E-state index in [1.807, 2.05) is 0 Å². The van der Waals surface area contributed by atoms with Crippen LogP contribution in [0.5, 0.6) is 0 Å². The summed E-state index contributed by atoms with van der Waals surface area (Å²) in [6.45, 7) is 1.01. The van der Waals surface area contributed by atoms with Gasteiger partial charge in [-0.2, -0.15) is 0 Å². The summed E-state index contributed by atoms with van der Waals surface area (Å²) in [6, 6.07) is 4.22. The molecule has 1 aliphatic rings. The van der Waals surface area contributed by atoms with Crippen molar-refractivity contribution in [2.45, 2.75) is 18.9 Å². The van der Waals surface area contributed by atoms with Crippen LogP contribution in [0.3, 0.4) is 0 Å². The third-order valence-corrected chi connectivity index (χ3v) is 4.19. The lowest BCUT2D eigenvalue weighted by Crippen LogP contribution is -2.39. The zero-order valence-electron chi connectivity index (χ0n) is 12.1. The van der Waals surface area contributed by atoms with E-state index in [0.717, 1.165) is 12.8 Å². The van der Waals surface area contributed by atoms with Crippen LogP contribution in [0, 0.1) is 10.1 Å². The van der Waals surface area contributed by atoms with E-state index in [1.165, 1.54) is 18.2 Å². The number of rotatable bonds is 3. The Morgan fingerprint density at radius 1 is 1.35 bits per heavy atom. The predicted octanol–water partition coefficient (Wildman–Crippen LogP) is 2.32. The maximum absolute atomic E-state index is 12.6. The second-order valence-corrected chi connectivity index (χ2v) is 5.76. The third kappa shape index (κ3) is 3.16. The Kier molecular flexibility index (Phi) is 4.24. The lowest BCUT2D eigenvalue weighted by molar-refractivity contribution is -0.385. The van der Waals surface area contributed by atoms with Crippen LogP contribution in [0.25, 0.3) is 0 Å². The predicted molar refractivity (Wildman–Crippen MR) is 82.3 cm³/mol. The average molecular weight is 336 g/mol. The van der Waals surface area contributed by atoms with Crippen molar-refractivity contribution in [3.63, 3.8) is 0 Å². The molecule has 1 amide bonds. The molecule has 1 fully saturated rings. The van der Waals surface area contributed by atoms with Crippen LogP contribution in [0.4, 0.5) is 5.69 Å². The van der Waals surface area contributed by atoms with E-state index in [1.54, 1.807) is 22.0 Å². The van der Waals surface area contributed by atoms with E-state index in [2.05, 4.69) is 10.3 Å². The summed E-state index contributed by atoms with van der Waals surface area (Å²) in [6.07, 6.45) is 4.86. The van der Waals surface area contributed by atoms with Crippen molar-refractivity contribution in [3.05, 3.63) is 51.3 Å². The van der Waals surface area contributed by atoms with Gasteiger partial charge in [0.2, 0.25) is 0 Å². The van der Waals surface area contributed by atoms with Gasteiger partial charge in [-0.3, -0.25) is 14.9 Å². The molecule has 0 saturated carbocycles. The molecule has 0 N–H and O–H groups in total. The zero-order valence-corrected chi connectivity index (χ0v) is 12.9. The van der Waals surface area contributed by atoms with Crippen molar-refractivity contribution < 1.29 is 9.72 Å². The first kappa shape index (κ1) is 15.4. The van der Waals surface area contributed by atoms with Gasteiger partial charge in [0.1, 0.15) is 5.56 Å². The molecule has 2 aromatic rings. The Morgan fingerprint density at radius 2 is 2.09 bits per heavy atom. The Labute approximate surface area is 136 Å². The maximum atomic E-state index is 12.6. The number of hydrogen-bond donors (Lipinski definition) is 0. The van der Waals surface area contributed by atoms with Crippen LogP contribution in [-0.2, 0) is 0 Å². The Bertz CT molecular complexity index is 726. The third-order valence-electron chi connectivity index (χ3n) is 3.95. The van der Waals surface area contributed by atoms with Gasteiger partial charge in [-0.15, -0.1) is 5.10 Å². The van der Waals surface area contributed by atoms with E-state index in [4.69, 9.17) is 11.6 Å². The van der Waals surface area contributed by atoms with Crippen molar-refractivity contribution in [1.82, 2.24) is 19.9 Å². The molecule has 8 nitrogen and oxygen atoms in total. The molecule has 2 heterocycles. The number of nitro benzene ring substituents is 1. The average Bonchev–Trinajstić information content (AvgIpc) is 3.08. The molecule has 0 bridgehead atoms. The monoisotopic (exact) mass is 335 g/mol. The molecule has 0 radical (unpaired) electrons. The van der Waals surface area contributed by atoms with Gasteiger partial charge in [0.15, 0.2) is 0 Å². The summed E-state index contributed by atoms with van der Waals surface area (Å²) >= 11 is 5.88. The highest BCUT2D eigenvalue weighted by Gasteiger charge is 2.29. The first-order chi connectivity index (χ1) is 11.1. The number of nitrogens with zero attached hydrogens (tertiary/aromatic N) is 5. The number of carbonyl (C=O) groups is 1. The summed E-state index contributed by atoms with van der Waals surface area (Å²) in [7, 11) is 0. The van der Waals surface area contributed by atoms with E-state index >= 15 is 0 Å². The molecule has 0 spiro atoms. The Morgan fingerprint density at radius 3 is 2.70 bits per heavy atom. The van der Waals surface area contributed by atoms with Gasteiger partial charge in [-0.05, 0) is 25.0 Å². The summed E-state index contributed by atoms with van der Waals surface area (Å²) < 4.78 is 1.78. The summed E-state index contributed by atoms with van der Waals surface area (Å²) in [5.41, 5.74) is -0.195. The fraction of sp³-hybridized carbons (Fsp3) is 0.357. The highest BCUT2D eigenvalue weighted by molar-refractivity contribution is 6.31. The summed E-state index contributed by atoms with van der Waals surface area (Å²) in [5.74, 6) is -0.365. The van der Waals surface area contributed by atoms with Gasteiger partial charge in [0.25, 0.3) is 11.6 Å².